The monoisotopic (exact) mass is 302 g/mol. The third-order valence-corrected chi connectivity index (χ3v) is 4.10. The molecule has 22 heavy (non-hydrogen) atoms. The molecule has 2 aromatic heterocycles. The lowest BCUT2D eigenvalue weighted by molar-refractivity contribution is -0.137. The molecule has 1 aliphatic heterocycles. The number of hydrogen-bond acceptors (Lipinski definition) is 4. The maximum atomic E-state index is 12.8. The molecule has 0 fully saturated rings. The molecule has 0 bridgehead atoms. The number of nitrogens with zero attached hydrogens (tertiary/aromatic N) is 6. The van der Waals surface area contributed by atoms with Crippen LogP contribution in [0.4, 0.5) is 0 Å². The van der Waals surface area contributed by atoms with Crippen LogP contribution in [0.5, 0.6) is 0 Å². The first-order valence-electron chi connectivity index (χ1n) is 7.73. The van der Waals surface area contributed by atoms with Crippen LogP contribution in [-0.4, -0.2) is 41.7 Å². The summed E-state index contributed by atoms with van der Waals surface area (Å²) in [4.78, 5) is 19.0. The SMILES string of the molecule is CCN1Cc2nnc(-c3nccn3C)n2[C@@H](CC(C)C)C1=O. The number of amides is 1. The van der Waals surface area contributed by atoms with E-state index in [1.54, 1.807) is 6.20 Å². The molecule has 7 heteroatoms. The first-order valence-corrected chi connectivity index (χ1v) is 7.73. The molecule has 118 valence electrons. The van der Waals surface area contributed by atoms with Gasteiger partial charge in [-0.15, -0.1) is 10.2 Å². The normalized spacial score (nSPS) is 18.1. The smallest absolute Gasteiger partial charge is 0.246 e. The van der Waals surface area contributed by atoms with E-state index in [9.17, 15) is 4.79 Å². The van der Waals surface area contributed by atoms with Gasteiger partial charge in [-0.05, 0) is 19.3 Å². The average Bonchev–Trinajstić information content (AvgIpc) is 3.06. The van der Waals surface area contributed by atoms with Crippen LogP contribution in [-0.2, 0) is 18.4 Å². The third-order valence-electron chi connectivity index (χ3n) is 4.10. The highest BCUT2D eigenvalue weighted by atomic mass is 16.2. The van der Waals surface area contributed by atoms with Gasteiger partial charge < -0.3 is 9.47 Å². The van der Waals surface area contributed by atoms with E-state index < -0.39 is 0 Å². The Bertz CT molecular complexity index is 686. The summed E-state index contributed by atoms with van der Waals surface area (Å²) in [5.41, 5.74) is 0. The summed E-state index contributed by atoms with van der Waals surface area (Å²) in [7, 11) is 1.92. The summed E-state index contributed by atoms with van der Waals surface area (Å²) >= 11 is 0. The molecule has 1 aliphatic rings. The van der Waals surface area contributed by atoms with Crippen molar-refractivity contribution < 1.29 is 4.79 Å². The van der Waals surface area contributed by atoms with Crippen molar-refractivity contribution >= 4 is 5.91 Å². The fourth-order valence-corrected chi connectivity index (χ4v) is 2.98. The fourth-order valence-electron chi connectivity index (χ4n) is 2.98. The molecule has 0 unspecified atom stereocenters. The lowest BCUT2D eigenvalue weighted by Crippen LogP contribution is -2.43. The molecule has 1 amide bonds. The topological polar surface area (TPSA) is 68.8 Å². The number of imidazole rings is 1. The molecule has 7 nitrogen and oxygen atoms in total. The van der Waals surface area contributed by atoms with Crippen LogP contribution in [0.1, 0.15) is 39.1 Å². The van der Waals surface area contributed by atoms with Gasteiger partial charge in [0, 0.05) is 26.0 Å². The largest absolute Gasteiger partial charge is 0.334 e. The number of rotatable bonds is 4. The van der Waals surface area contributed by atoms with Crippen molar-refractivity contribution in [2.75, 3.05) is 6.54 Å². The van der Waals surface area contributed by atoms with Crippen LogP contribution in [0.15, 0.2) is 12.4 Å². The van der Waals surface area contributed by atoms with E-state index >= 15 is 0 Å². The minimum absolute atomic E-state index is 0.152. The van der Waals surface area contributed by atoms with Gasteiger partial charge in [0.05, 0.1) is 6.54 Å². The highest BCUT2D eigenvalue weighted by Crippen LogP contribution is 2.31. The Morgan fingerprint density at radius 3 is 2.68 bits per heavy atom. The molecule has 1 atom stereocenters. The minimum Gasteiger partial charge on any atom is -0.334 e. The molecule has 3 rings (SSSR count). The van der Waals surface area contributed by atoms with Crippen molar-refractivity contribution in [1.29, 1.82) is 0 Å². The van der Waals surface area contributed by atoms with E-state index in [0.29, 0.717) is 24.8 Å². The second-order valence-electron chi connectivity index (χ2n) is 6.17. The summed E-state index contributed by atoms with van der Waals surface area (Å²) in [6, 6.07) is -0.245. The molecular formula is C15H22N6O. The predicted molar refractivity (Wildman–Crippen MR) is 81.8 cm³/mol. The van der Waals surface area contributed by atoms with Gasteiger partial charge in [0.25, 0.3) is 0 Å². The van der Waals surface area contributed by atoms with Crippen LogP contribution in [0.2, 0.25) is 0 Å². The van der Waals surface area contributed by atoms with E-state index in [2.05, 4.69) is 29.0 Å². The van der Waals surface area contributed by atoms with Gasteiger partial charge in [-0.2, -0.15) is 0 Å². The molecule has 0 N–H and O–H groups in total. The maximum absolute atomic E-state index is 12.8. The van der Waals surface area contributed by atoms with Crippen LogP contribution < -0.4 is 0 Å². The summed E-state index contributed by atoms with van der Waals surface area (Å²) < 4.78 is 3.89. The highest BCUT2D eigenvalue weighted by Gasteiger charge is 2.36. The van der Waals surface area contributed by atoms with Crippen molar-refractivity contribution in [3.8, 4) is 11.6 Å². The Kier molecular flexibility index (Phi) is 3.72. The summed E-state index contributed by atoms with van der Waals surface area (Å²) in [6.07, 6.45) is 4.38. The molecule has 0 saturated carbocycles. The van der Waals surface area contributed by atoms with Crippen LogP contribution >= 0.6 is 0 Å². The number of aryl methyl sites for hydroxylation is 1. The average molecular weight is 302 g/mol. The predicted octanol–water partition coefficient (Wildman–Crippen LogP) is 1.63. The number of likely N-dealkylation sites (N-methyl/N-ethyl adjacent to an activating group) is 1. The number of carbonyl (C=O) groups excluding carboxylic acids is 1. The number of aromatic nitrogens is 5. The first kappa shape index (κ1) is 14.7. The van der Waals surface area contributed by atoms with E-state index in [1.807, 2.05) is 34.2 Å². The van der Waals surface area contributed by atoms with E-state index in [-0.39, 0.29) is 11.9 Å². The molecule has 3 heterocycles. The summed E-state index contributed by atoms with van der Waals surface area (Å²) in [5, 5.41) is 8.62. The number of carbonyl (C=O) groups is 1. The zero-order valence-electron chi connectivity index (χ0n) is 13.5. The second kappa shape index (κ2) is 5.55. The Balaban J connectivity index is 2.11. The zero-order chi connectivity index (χ0) is 15.9. The molecule has 0 saturated heterocycles. The zero-order valence-corrected chi connectivity index (χ0v) is 13.5. The van der Waals surface area contributed by atoms with Crippen LogP contribution in [0.25, 0.3) is 11.6 Å². The molecule has 0 spiro atoms. The van der Waals surface area contributed by atoms with Crippen LogP contribution in [0, 0.1) is 5.92 Å². The standard InChI is InChI=1S/C15H22N6O/c1-5-20-9-12-17-18-14(13-16-6-7-19(13)4)21(12)11(15(20)22)8-10(2)3/h6-7,10-11H,5,8-9H2,1-4H3/t11-/m0/s1. The fraction of sp³-hybridized carbons (Fsp3) is 0.600. The molecule has 0 radical (unpaired) electrons. The van der Waals surface area contributed by atoms with E-state index in [1.165, 1.54) is 0 Å². The Labute approximate surface area is 130 Å². The third kappa shape index (κ3) is 2.30. The van der Waals surface area contributed by atoms with Gasteiger partial charge in [0.1, 0.15) is 6.04 Å². The molecule has 0 aliphatic carbocycles. The van der Waals surface area contributed by atoms with Gasteiger partial charge in [-0.25, -0.2) is 4.98 Å². The quantitative estimate of drug-likeness (QED) is 0.861. The number of hydrogen-bond donors (Lipinski definition) is 0. The Morgan fingerprint density at radius 1 is 1.32 bits per heavy atom. The van der Waals surface area contributed by atoms with Crippen molar-refractivity contribution in [2.24, 2.45) is 13.0 Å². The maximum Gasteiger partial charge on any atom is 0.246 e. The lowest BCUT2D eigenvalue weighted by Gasteiger charge is -2.33. The number of fused-ring (bicyclic) bond motifs is 1. The van der Waals surface area contributed by atoms with Gasteiger partial charge in [0.15, 0.2) is 11.6 Å². The van der Waals surface area contributed by atoms with Gasteiger partial charge in [-0.1, -0.05) is 13.8 Å². The molecule has 2 aromatic rings. The van der Waals surface area contributed by atoms with Crippen molar-refractivity contribution in [3.05, 3.63) is 18.2 Å². The second-order valence-corrected chi connectivity index (χ2v) is 6.17. The van der Waals surface area contributed by atoms with Gasteiger partial charge >= 0.3 is 0 Å². The van der Waals surface area contributed by atoms with Gasteiger partial charge in [-0.3, -0.25) is 9.36 Å². The van der Waals surface area contributed by atoms with Crippen molar-refractivity contribution in [2.45, 2.75) is 39.8 Å². The highest BCUT2D eigenvalue weighted by molar-refractivity contribution is 5.82. The van der Waals surface area contributed by atoms with E-state index in [4.69, 9.17) is 0 Å². The molecular weight excluding hydrogens is 280 g/mol. The first-order chi connectivity index (χ1) is 10.5. The van der Waals surface area contributed by atoms with Crippen molar-refractivity contribution in [3.63, 3.8) is 0 Å². The Hall–Kier alpha value is -2.18. The van der Waals surface area contributed by atoms with Crippen LogP contribution in [0.3, 0.4) is 0 Å². The van der Waals surface area contributed by atoms with E-state index in [0.717, 1.165) is 18.1 Å². The van der Waals surface area contributed by atoms with Gasteiger partial charge in [0.2, 0.25) is 11.7 Å². The summed E-state index contributed by atoms with van der Waals surface area (Å²) in [6.45, 7) is 7.46. The summed E-state index contributed by atoms with van der Waals surface area (Å²) in [5.74, 6) is 2.82. The van der Waals surface area contributed by atoms with Crippen molar-refractivity contribution in [1.82, 2.24) is 29.2 Å². The molecule has 0 aromatic carbocycles. The lowest BCUT2D eigenvalue weighted by atomic mass is 10.0. The Morgan fingerprint density at radius 2 is 2.09 bits per heavy atom. The minimum atomic E-state index is -0.245.